The fraction of sp³-hybridized carbons (Fsp3) is 0.417. The van der Waals surface area contributed by atoms with Gasteiger partial charge in [0, 0.05) is 16.5 Å². The summed E-state index contributed by atoms with van der Waals surface area (Å²) in [4.78, 5) is 27.4. The number of nitrogens with zero attached hydrogens (tertiary/aromatic N) is 1. The quantitative estimate of drug-likeness (QED) is 0.563. The Balaban J connectivity index is 2.12. The molecule has 0 atom stereocenters. The van der Waals surface area contributed by atoms with Crippen LogP contribution in [-0.2, 0) is 0 Å². The molecule has 2 aromatic rings. The van der Waals surface area contributed by atoms with E-state index in [1.807, 2.05) is 20.8 Å². The topological polar surface area (TPSA) is 77.8 Å². The minimum atomic E-state index is -1.18. The second kappa shape index (κ2) is 9.62. The Hall–Kier alpha value is -2.40. The van der Waals surface area contributed by atoms with Gasteiger partial charge in [0.25, 0.3) is 5.91 Å². The number of carboxylic acids is 1. The fourth-order valence-electron chi connectivity index (χ4n) is 3.61. The molecule has 1 fully saturated rings. The molecule has 0 radical (unpaired) electrons. The number of amides is 1. The lowest BCUT2D eigenvalue weighted by Gasteiger charge is -2.35. The monoisotopic (exact) mass is 477 g/mol. The van der Waals surface area contributed by atoms with Crippen molar-refractivity contribution in [2.75, 3.05) is 4.90 Å². The van der Waals surface area contributed by atoms with Gasteiger partial charge in [-0.1, -0.05) is 23.4 Å². The summed E-state index contributed by atoms with van der Waals surface area (Å²) in [5.41, 5.74) is -0.276. The standard InChI is InChI=1S/C24H25ClFNO4S/c1-24(2,3)11-10-17-13-20(21(32-17)23(30)31)27(15-5-7-16(28)8-6-15)22(29)18-9-4-14(25)12-19(18)26/h4,9,12-13,15-16,28H,5-8H2,1-3H3,(H,30,31)/t15-,16-. The van der Waals surface area contributed by atoms with Crippen molar-refractivity contribution in [1.82, 2.24) is 0 Å². The summed E-state index contributed by atoms with van der Waals surface area (Å²) in [7, 11) is 0. The molecular weight excluding hydrogens is 453 g/mol. The van der Waals surface area contributed by atoms with Crippen LogP contribution in [0.3, 0.4) is 0 Å². The Bertz CT molecular complexity index is 1090. The molecule has 0 saturated heterocycles. The van der Waals surface area contributed by atoms with Gasteiger partial charge in [-0.3, -0.25) is 4.79 Å². The van der Waals surface area contributed by atoms with Crippen molar-refractivity contribution in [3.05, 3.63) is 50.4 Å². The molecule has 5 nitrogen and oxygen atoms in total. The number of aliphatic hydroxyl groups excluding tert-OH is 1. The summed E-state index contributed by atoms with van der Waals surface area (Å²) < 4.78 is 14.6. The van der Waals surface area contributed by atoms with E-state index in [2.05, 4.69) is 11.8 Å². The van der Waals surface area contributed by atoms with Gasteiger partial charge in [0.2, 0.25) is 0 Å². The zero-order valence-corrected chi connectivity index (χ0v) is 19.7. The minimum Gasteiger partial charge on any atom is -0.477 e. The van der Waals surface area contributed by atoms with E-state index in [0.29, 0.717) is 30.6 Å². The molecule has 0 unspecified atom stereocenters. The molecule has 3 rings (SSSR count). The molecule has 8 heteroatoms. The largest absolute Gasteiger partial charge is 0.477 e. The number of hydrogen-bond acceptors (Lipinski definition) is 4. The molecule has 1 saturated carbocycles. The third kappa shape index (κ3) is 5.69. The molecule has 32 heavy (non-hydrogen) atoms. The summed E-state index contributed by atoms with van der Waals surface area (Å²) in [6.07, 6.45) is 1.42. The Morgan fingerprint density at radius 3 is 2.41 bits per heavy atom. The van der Waals surface area contributed by atoms with Crippen LogP contribution in [-0.4, -0.2) is 34.2 Å². The maximum absolute atomic E-state index is 14.6. The van der Waals surface area contributed by atoms with E-state index < -0.39 is 23.8 Å². The first-order valence-electron chi connectivity index (χ1n) is 10.3. The van der Waals surface area contributed by atoms with E-state index in [9.17, 15) is 24.2 Å². The predicted octanol–water partition coefficient (Wildman–Crippen LogP) is 5.59. The van der Waals surface area contributed by atoms with Crippen molar-refractivity contribution >= 4 is 40.5 Å². The highest BCUT2D eigenvalue weighted by Crippen LogP contribution is 2.36. The van der Waals surface area contributed by atoms with Gasteiger partial charge in [0.05, 0.1) is 22.2 Å². The van der Waals surface area contributed by atoms with Gasteiger partial charge in [-0.25, -0.2) is 9.18 Å². The molecule has 0 spiro atoms. The molecule has 2 N–H and O–H groups in total. The van der Waals surface area contributed by atoms with E-state index in [4.69, 9.17) is 11.6 Å². The number of aromatic carboxylic acids is 1. The highest BCUT2D eigenvalue weighted by Gasteiger charge is 2.34. The first-order valence-corrected chi connectivity index (χ1v) is 11.5. The van der Waals surface area contributed by atoms with Crippen LogP contribution in [0.2, 0.25) is 5.02 Å². The lowest BCUT2D eigenvalue weighted by molar-refractivity contribution is 0.0702. The highest BCUT2D eigenvalue weighted by molar-refractivity contribution is 7.15. The number of benzene rings is 1. The van der Waals surface area contributed by atoms with Crippen LogP contribution in [0.25, 0.3) is 0 Å². The van der Waals surface area contributed by atoms with Crippen LogP contribution < -0.4 is 4.90 Å². The Morgan fingerprint density at radius 1 is 1.19 bits per heavy atom. The number of carboxylic acid groups (broad SMARTS) is 1. The van der Waals surface area contributed by atoms with Crippen LogP contribution in [0, 0.1) is 23.1 Å². The third-order valence-electron chi connectivity index (χ3n) is 5.14. The summed E-state index contributed by atoms with van der Waals surface area (Å²) in [6, 6.07) is 4.99. The molecule has 1 heterocycles. The third-order valence-corrected chi connectivity index (χ3v) is 6.40. The number of anilines is 1. The maximum atomic E-state index is 14.6. The maximum Gasteiger partial charge on any atom is 0.348 e. The zero-order chi connectivity index (χ0) is 23.6. The average Bonchev–Trinajstić information content (AvgIpc) is 3.12. The zero-order valence-electron chi connectivity index (χ0n) is 18.1. The van der Waals surface area contributed by atoms with E-state index in [1.165, 1.54) is 17.0 Å². The summed E-state index contributed by atoms with van der Waals surface area (Å²) >= 11 is 6.83. The summed E-state index contributed by atoms with van der Waals surface area (Å²) in [6.45, 7) is 5.83. The number of rotatable bonds is 4. The smallest absolute Gasteiger partial charge is 0.348 e. The minimum absolute atomic E-state index is 0.0305. The SMILES string of the molecule is CC(C)(C)C#Cc1cc(N(C(=O)c2ccc(Cl)cc2F)[C@H]2CC[C@H](O)CC2)c(C(=O)O)s1. The van der Waals surface area contributed by atoms with Gasteiger partial charge in [-0.15, -0.1) is 11.3 Å². The van der Waals surface area contributed by atoms with Crippen molar-refractivity contribution < 1.29 is 24.2 Å². The predicted molar refractivity (Wildman–Crippen MR) is 124 cm³/mol. The van der Waals surface area contributed by atoms with Crippen LogP contribution in [0.15, 0.2) is 24.3 Å². The van der Waals surface area contributed by atoms with Gasteiger partial charge in [-0.05, 0) is 70.7 Å². The lowest BCUT2D eigenvalue weighted by atomic mass is 9.91. The summed E-state index contributed by atoms with van der Waals surface area (Å²) in [5.74, 6) is 3.47. The second-order valence-corrected chi connectivity index (χ2v) is 10.4. The molecule has 1 aliphatic carbocycles. The average molecular weight is 478 g/mol. The fourth-order valence-corrected chi connectivity index (χ4v) is 4.61. The van der Waals surface area contributed by atoms with Gasteiger partial charge >= 0.3 is 5.97 Å². The van der Waals surface area contributed by atoms with Gasteiger partial charge in [0.15, 0.2) is 0 Å². The van der Waals surface area contributed by atoms with E-state index >= 15 is 0 Å². The van der Waals surface area contributed by atoms with Gasteiger partial charge in [-0.2, -0.15) is 0 Å². The molecule has 1 aromatic heterocycles. The molecular formula is C24H25ClFNO4S. The Morgan fingerprint density at radius 2 is 1.84 bits per heavy atom. The van der Waals surface area contributed by atoms with Crippen molar-refractivity contribution in [2.45, 2.75) is 58.6 Å². The van der Waals surface area contributed by atoms with Crippen molar-refractivity contribution in [1.29, 1.82) is 0 Å². The van der Waals surface area contributed by atoms with Crippen molar-refractivity contribution in [3.63, 3.8) is 0 Å². The van der Waals surface area contributed by atoms with E-state index in [0.717, 1.165) is 17.4 Å². The van der Waals surface area contributed by atoms with Gasteiger partial charge in [0.1, 0.15) is 10.7 Å². The molecule has 0 bridgehead atoms. The van der Waals surface area contributed by atoms with Crippen LogP contribution >= 0.6 is 22.9 Å². The number of carbonyl (C=O) groups is 2. The molecule has 0 aliphatic heterocycles. The van der Waals surface area contributed by atoms with Crippen LogP contribution in [0.4, 0.5) is 10.1 Å². The number of aliphatic hydroxyl groups is 1. The second-order valence-electron chi connectivity index (χ2n) is 8.89. The normalized spacial score (nSPS) is 18.6. The van der Waals surface area contributed by atoms with Crippen molar-refractivity contribution in [2.24, 2.45) is 5.41 Å². The van der Waals surface area contributed by atoms with E-state index in [-0.39, 0.29) is 32.6 Å². The summed E-state index contributed by atoms with van der Waals surface area (Å²) in [5, 5.41) is 19.9. The molecule has 1 aliphatic rings. The molecule has 1 amide bonds. The van der Waals surface area contributed by atoms with Crippen molar-refractivity contribution in [3.8, 4) is 11.8 Å². The molecule has 1 aromatic carbocycles. The Labute approximate surface area is 195 Å². The van der Waals surface area contributed by atoms with E-state index in [1.54, 1.807) is 6.07 Å². The Kier molecular flexibility index (Phi) is 7.29. The van der Waals surface area contributed by atoms with Gasteiger partial charge < -0.3 is 15.1 Å². The lowest BCUT2D eigenvalue weighted by Crippen LogP contribution is -2.44. The first kappa shape index (κ1) is 24.2. The highest BCUT2D eigenvalue weighted by atomic mass is 35.5. The number of carbonyl (C=O) groups excluding carboxylic acids is 1. The number of halogens is 2. The number of hydrogen-bond donors (Lipinski definition) is 2. The molecule has 170 valence electrons. The van der Waals surface area contributed by atoms with Crippen LogP contribution in [0.5, 0.6) is 0 Å². The first-order chi connectivity index (χ1) is 15.0. The number of thiophene rings is 1. The van der Waals surface area contributed by atoms with Crippen LogP contribution in [0.1, 0.15) is 71.4 Å².